The maximum absolute atomic E-state index is 12.1. The third-order valence-corrected chi connectivity index (χ3v) is 5.67. The molecule has 3 N–H and O–H groups in total. The fourth-order valence-electron chi connectivity index (χ4n) is 2.50. The number of hydrogen-bond donors (Lipinski definition) is 3. The van der Waals surface area contributed by atoms with Gasteiger partial charge in [-0.3, -0.25) is 9.79 Å². The van der Waals surface area contributed by atoms with Crippen molar-refractivity contribution in [1.29, 1.82) is 0 Å². The molecule has 1 unspecified atom stereocenters. The Balaban J connectivity index is 1.77. The molecule has 1 aromatic heterocycles. The molecule has 28 heavy (non-hydrogen) atoms. The number of aryl methyl sites for hydroxylation is 1. The molecule has 0 fully saturated rings. The van der Waals surface area contributed by atoms with Crippen LogP contribution in [0.25, 0.3) is 0 Å². The summed E-state index contributed by atoms with van der Waals surface area (Å²) in [4.78, 5) is 22.1. The molecular formula is C21H31N5OS. The molecule has 7 heteroatoms. The van der Waals surface area contributed by atoms with Gasteiger partial charge in [-0.05, 0) is 37.5 Å². The zero-order valence-electron chi connectivity index (χ0n) is 17.2. The van der Waals surface area contributed by atoms with Gasteiger partial charge >= 0.3 is 0 Å². The first kappa shape index (κ1) is 21.9. The van der Waals surface area contributed by atoms with Gasteiger partial charge in [0.15, 0.2) is 5.96 Å². The smallest absolute Gasteiger partial charge is 0.251 e. The highest BCUT2D eigenvalue weighted by Gasteiger charge is 2.08. The van der Waals surface area contributed by atoms with Gasteiger partial charge in [0.25, 0.3) is 5.91 Å². The Labute approximate surface area is 171 Å². The molecule has 0 saturated carbocycles. The van der Waals surface area contributed by atoms with Gasteiger partial charge in [-0.25, -0.2) is 4.98 Å². The van der Waals surface area contributed by atoms with E-state index in [1.165, 1.54) is 4.88 Å². The summed E-state index contributed by atoms with van der Waals surface area (Å²) in [7, 11) is 1.76. The van der Waals surface area contributed by atoms with E-state index in [4.69, 9.17) is 0 Å². The largest absolute Gasteiger partial charge is 0.356 e. The van der Waals surface area contributed by atoms with Gasteiger partial charge in [-0.15, -0.1) is 11.3 Å². The second-order valence-corrected chi connectivity index (χ2v) is 7.86. The molecule has 0 aliphatic rings. The number of benzene rings is 1. The molecule has 0 aliphatic heterocycles. The Kier molecular flexibility index (Phi) is 8.94. The number of hydrogen-bond acceptors (Lipinski definition) is 4. The quantitative estimate of drug-likeness (QED) is 0.446. The minimum absolute atomic E-state index is 0.0280. The van der Waals surface area contributed by atoms with Crippen molar-refractivity contribution in [3.8, 4) is 0 Å². The summed E-state index contributed by atoms with van der Waals surface area (Å²) in [5, 5.41) is 10.7. The number of guanidine groups is 1. The van der Waals surface area contributed by atoms with Crippen molar-refractivity contribution in [1.82, 2.24) is 20.9 Å². The van der Waals surface area contributed by atoms with Crippen LogP contribution in [-0.2, 0) is 19.4 Å². The number of carbonyl (C=O) groups excluding carboxylic acids is 1. The zero-order chi connectivity index (χ0) is 20.4. The lowest BCUT2D eigenvalue weighted by Gasteiger charge is -2.13. The summed E-state index contributed by atoms with van der Waals surface area (Å²) < 4.78 is 0. The van der Waals surface area contributed by atoms with Gasteiger partial charge in [-0.1, -0.05) is 26.0 Å². The number of nitrogens with one attached hydrogen (secondary N) is 3. The van der Waals surface area contributed by atoms with Crippen molar-refractivity contribution < 1.29 is 4.79 Å². The van der Waals surface area contributed by atoms with Crippen LogP contribution >= 0.6 is 11.3 Å². The van der Waals surface area contributed by atoms with Gasteiger partial charge in [0.2, 0.25) is 0 Å². The number of amides is 1. The van der Waals surface area contributed by atoms with Gasteiger partial charge in [0.1, 0.15) is 0 Å². The second-order valence-electron chi connectivity index (χ2n) is 6.66. The van der Waals surface area contributed by atoms with Crippen molar-refractivity contribution >= 4 is 23.2 Å². The van der Waals surface area contributed by atoms with E-state index in [0.717, 1.165) is 42.3 Å². The summed E-state index contributed by atoms with van der Waals surface area (Å²) >= 11 is 1.77. The molecule has 0 bridgehead atoms. The Morgan fingerprint density at radius 2 is 1.96 bits per heavy atom. The van der Waals surface area contributed by atoms with Gasteiger partial charge in [0.05, 0.1) is 5.01 Å². The van der Waals surface area contributed by atoms with Crippen LogP contribution < -0.4 is 16.0 Å². The molecule has 1 aromatic carbocycles. The zero-order valence-corrected chi connectivity index (χ0v) is 18.0. The number of rotatable bonds is 9. The Bertz CT molecular complexity index is 769. The highest BCUT2D eigenvalue weighted by Crippen LogP contribution is 2.13. The molecule has 1 amide bonds. The second kappa shape index (κ2) is 11.4. The summed E-state index contributed by atoms with van der Waals surface area (Å²) in [6, 6.07) is 7.83. The molecule has 0 aliphatic carbocycles. The SMILES string of the molecule is CCc1cnc(CCNC(=NC)NCc2ccc(C(=O)NC(C)CC)cc2)s1. The van der Waals surface area contributed by atoms with Crippen LogP contribution in [0, 0.1) is 0 Å². The predicted octanol–water partition coefficient (Wildman–Crippen LogP) is 3.14. The number of aliphatic imine (C=N–C) groups is 1. The van der Waals surface area contributed by atoms with E-state index < -0.39 is 0 Å². The predicted molar refractivity (Wildman–Crippen MR) is 117 cm³/mol. The molecule has 1 heterocycles. The first-order chi connectivity index (χ1) is 13.5. The first-order valence-corrected chi connectivity index (χ1v) is 10.6. The minimum Gasteiger partial charge on any atom is -0.356 e. The first-order valence-electron chi connectivity index (χ1n) is 9.83. The van der Waals surface area contributed by atoms with Crippen molar-refractivity contribution in [3.63, 3.8) is 0 Å². The van der Waals surface area contributed by atoms with E-state index in [9.17, 15) is 4.79 Å². The van der Waals surface area contributed by atoms with Crippen LogP contribution in [0.3, 0.4) is 0 Å². The van der Waals surface area contributed by atoms with Crippen molar-refractivity contribution in [2.24, 2.45) is 4.99 Å². The van der Waals surface area contributed by atoms with Gasteiger partial charge in [-0.2, -0.15) is 0 Å². The van der Waals surface area contributed by atoms with E-state index in [1.54, 1.807) is 18.4 Å². The maximum atomic E-state index is 12.1. The number of nitrogens with zero attached hydrogens (tertiary/aromatic N) is 2. The topological polar surface area (TPSA) is 78.4 Å². The summed E-state index contributed by atoms with van der Waals surface area (Å²) in [5.74, 6) is 0.727. The molecule has 2 aromatic rings. The number of thiazole rings is 1. The molecule has 0 saturated heterocycles. The lowest BCUT2D eigenvalue weighted by atomic mass is 10.1. The van der Waals surface area contributed by atoms with E-state index >= 15 is 0 Å². The molecular weight excluding hydrogens is 370 g/mol. The number of aromatic nitrogens is 1. The third kappa shape index (κ3) is 6.96. The van der Waals surface area contributed by atoms with Gasteiger partial charge in [0, 0.05) is 49.2 Å². The molecule has 1 atom stereocenters. The average molecular weight is 402 g/mol. The van der Waals surface area contributed by atoms with E-state index in [1.807, 2.05) is 37.4 Å². The summed E-state index contributed by atoms with van der Waals surface area (Å²) in [6.45, 7) is 7.63. The van der Waals surface area contributed by atoms with Crippen LogP contribution in [0.5, 0.6) is 0 Å². The fourth-order valence-corrected chi connectivity index (χ4v) is 3.37. The van der Waals surface area contributed by atoms with E-state index in [-0.39, 0.29) is 11.9 Å². The number of carbonyl (C=O) groups is 1. The lowest BCUT2D eigenvalue weighted by Crippen LogP contribution is -2.37. The van der Waals surface area contributed by atoms with Crippen LogP contribution in [0.15, 0.2) is 35.5 Å². The maximum Gasteiger partial charge on any atom is 0.251 e. The molecule has 6 nitrogen and oxygen atoms in total. The van der Waals surface area contributed by atoms with Crippen molar-refractivity contribution in [2.45, 2.75) is 52.6 Å². The monoisotopic (exact) mass is 401 g/mol. The summed E-state index contributed by atoms with van der Waals surface area (Å²) in [6.07, 6.45) is 4.79. The van der Waals surface area contributed by atoms with Crippen molar-refractivity contribution in [2.75, 3.05) is 13.6 Å². The fraction of sp³-hybridized carbons (Fsp3) is 0.476. The molecule has 2 rings (SSSR count). The summed E-state index contributed by atoms with van der Waals surface area (Å²) in [5.41, 5.74) is 1.78. The van der Waals surface area contributed by atoms with E-state index in [2.05, 4.69) is 39.8 Å². The molecule has 0 radical (unpaired) electrons. The average Bonchev–Trinajstić information content (AvgIpc) is 3.18. The molecule has 152 valence electrons. The third-order valence-electron chi connectivity index (χ3n) is 4.47. The van der Waals surface area contributed by atoms with Crippen LogP contribution in [-0.4, -0.2) is 36.5 Å². The Morgan fingerprint density at radius 3 is 2.57 bits per heavy atom. The van der Waals surface area contributed by atoms with Crippen molar-refractivity contribution in [3.05, 3.63) is 51.5 Å². The minimum atomic E-state index is -0.0280. The highest BCUT2D eigenvalue weighted by molar-refractivity contribution is 7.11. The standard InChI is InChI=1S/C21H31N5OS/c1-5-15(3)26-20(27)17-9-7-16(8-10-17)13-25-21(22-4)23-12-11-19-24-14-18(6-2)28-19/h7-10,14-15H,5-6,11-13H2,1-4H3,(H,26,27)(H2,22,23,25). The van der Waals surface area contributed by atoms with Crippen LogP contribution in [0.1, 0.15) is 53.0 Å². The molecule has 0 spiro atoms. The van der Waals surface area contributed by atoms with Gasteiger partial charge < -0.3 is 16.0 Å². The van der Waals surface area contributed by atoms with E-state index in [0.29, 0.717) is 12.1 Å². The lowest BCUT2D eigenvalue weighted by molar-refractivity contribution is 0.0939. The van der Waals surface area contributed by atoms with Crippen LogP contribution in [0.2, 0.25) is 0 Å². The van der Waals surface area contributed by atoms with Crippen LogP contribution in [0.4, 0.5) is 0 Å². The Hall–Kier alpha value is -2.41. The highest BCUT2D eigenvalue weighted by atomic mass is 32.1. The normalized spacial score (nSPS) is 12.5. The Morgan fingerprint density at radius 1 is 1.21 bits per heavy atom.